The van der Waals surface area contributed by atoms with Gasteiger partial charge in [-0.2, -0.15) is 0 Å². The number of hydrogen-bond acceptors (Lipinski definition) is 7. The lowest BCUT2D eigenvalue weighted by atomic mass is 10.2. The van der Waals surface area contributed by atoms with Crippen LogP contribution in [0.25, 0.3) is 5.69 Å². The minimum atomic E-state index is -0.149. The van der Waals surface area contributed by atoms with Gasteiger partial charge in [0.25, 0.3) is 0 Å². The molecule has 2 heterocycles. The molecule has 9 heteroatoms. The second-order valence-corrected chi connectivity index (χ2v) is 6.91. The molecular weight excluding hydrogens is 332 g/mol. The second kappa shape index (κ2) is 6.88. The number of hydrogen-bond donors (Lipinski definition) is 1. The zero-order chi connectivity index (χ0) is 16.2. The number of rotatable bonds is 5. The number of amides is 1. The molecular formula is C14H14N6OS2. The third-order valence-corrected chi connectivity index (χ3v) is 4.63. The van der Waals surface area contributed by atoms with Gasteiger partial charge in [0.05, 0.1) is 5.75 Å². The van der Waals surface area contributed by atoms with Crippen LogP contribution in [0.5, 0.6) is 0 Å². The molecule has 2 aromatic heterocycles. The Morgan fingerprint density at radius 2 is 2.00 bits per heavy atom. The van der Waals surface area contributed by atoms with E-state index in [9.17, 15) is 4.79 Å². The first-order valence-electron chi connectivity index (χ1n) is 6.81. The summed E-state index contributed by atoms with van der Waals surface area (Å²) in [4.78, 5) is 12.0. The van der Waals surface area contributed by atoms with E-state index in [1.54, 1.807) is 6.33 Å². The molecule has 23 heavy (non-hydrogen) atoms. The number of nitrogens with zero attached hydrogens (tertiary/aromatic N) is 5. The predicted octanol–water partition coefficient (Wildman–Crippen LogP) is 2.47. The van der Waals surface area contributed by atoms with Crippen molar-refractivity contribution in [3.63, 3.8) is 0 Å². The van der Waals surface area contributed by atoms with E-state index in [1.165, 1.54) is 28.7 Å². The van der Waals surface area contributed by atoms with Gasteiger partial charge in [-0.25, -0.2) is 0 Å². The van der Waals surface area contributed by atoms with Gasteiger partial charge in [-0.15, -0.1) is 20.4 Å². The van der Waals surface area contributed by atoms with Gasteiger partial charge in [0, 0.05) is 5.69 Å². The lowest BCUT2D eigenvalue weighted by Crippen LogP contribution is -2.14. The first-order valence-corrected chi connectivity index (χ1v) is 8.62. The van der Waals surface area contributed by atoms with E-state index in [0.717, 1.165) is 10.7 Å². The van der Waals surface area contributed by atoms with Gasteiger partial charge in [0.2, 0.25) is 11.0 Å². The summed E-state index contributed by atoms with van der Waals surface area (Å²) in [5.41, 5.74) is 2.14. The van der Waals surface area contributed by atoms with Crippen molar-refractivity contribution in [2.45, 2.75) is 19.0 Å². The molecule has 3 rings (SSSR count). The van der Waals surface area contributed by atoms with E-state index < -0.39 is 0 Å². The number of aromatic nitrogens is 5. The van der Waals surface area contributed by atoms with Crippen molar-refractivity contribution >= 4 is 34.1 Å². The molecule has 0 saturated carbocycles. The number of anilines is 1. The number of thioether (sulfide) groups is 1. The van der Waals surface area contributed by atoms with Crippen molar-refractivity contribution in [2.24, 2.45) is 0 Å². The van der Waals surface area contributed by atoms with Crippen molar-refractivity contribution in [3.8, 4) is 5.69 Å². The highest BCUT2D eigenvalue weighted by atomic mass is 32.2. The Kier molecular flexibility index (Phi) is 4.68. The predicted molar refractivity (Wildman–Crippen MR) is 90.1 cm³/mol. The van der Waals surface area contributed by atoms with Crippen LogP contribution in [0.3, 0.4) is 0 Å². The fourth-order valence-electron chi connectivity index (χ4n) is 1.84. The molecule has 0 radical (unpaired) electrons. The SMILES string of the molecule is Cc1ccc(-n2cnnc2SCC(=O)Nc2nnc(C)s2)cc1. The van der Waals surface area contributed by atoms with Gasteiger partial charge < -0.3 is 0 Å². The summed E-state index contributed by atoms with van der Waals surface area (Å²) in [5.74, 6) is 0.0769. The number of carbonyl (C=O) groups is 1. The molecule has 118 valence electrons. The smallest absolute Gasteiger partial charge is 0.236 e. The summed E-state index contributed by atoms with van der Waals surface area (Å²) >= 11 is 2.66. The maximum atomic E-state index is 12.0. The lowest BCUT2D eigenvalue weighted by molar-refractivity contribution is -0.113. The number of aryl methyl sites for hydroxylation is 2. The maximum Gasteiger partial charge on any atom is 0.236 e. The van der Waals surface area contributed by atoms with Crippen molar-refractivity contribution in [2.75, 3.05) is 11.1 Å². The van der Waals surface area contributed by atoms with Crippen LogP contribution in [0.15, 0.2) is 35.7 Å². The number of carbonyl (C=O) groups excluding carboxylic acids is 1. The number of benzene rings is 1. The van der Waals surface area contributed by atoms with E-state index in [4.69, 9.17) is 0 Å². The van der Waals surface area contributed by atoms with E-state index >= 15 is 0 Å². The van der Waals surface area contributed by atoms with Gasteiger partial charge in [-0.1, -0.05) is 40.8 Å². The topological polar surface area (TPSA) is 85.6 Å². The van der Waals surface area contributed by atoms with Crippen LogP contribution < -0.4 is 5.32 Å². The maximum absolute atomic E-state index is 12.0. The Bertz CT molecular complexity index is 811. The highest BCUT2D eigenvalue weighted by Gasteiger charge is 2.11. The summed E-state index contributed by atoms with van der Waals surface area (Å²) in [6, 6.07) is 8.03. The van der Waals surface area contributed by atoms with Crippen molar-refractivity contribution in [1.82, 2.24) is 25.0 Å². The summed E-state index contributed by atoms with van der Waals surface area (Å²) in [6.45, 7) is 3.87. The third kappa shape index (κ3) is 3.93. The Morgan fingerprint density at radius 1 is 1.22 bits per heavy atom. The van der Waals surface area contributed by atoms with Crippen LogP contribution in [-0.2, 0) is 4.79 Å². The van der Waals surface area contributed by atoms with Crippen molar-refractivity contribution < 1.29 is 4.79 Å². The van der Waals surface area contributed by atoms with Crippen LogP contribution >= 0.6 is 23.1 Å². The van der Waals surface area contributed by atoms with E-state index in [2.05, 4.69) is 25.7 Å². The van der Waals surface area contributed by atoms with Gasteiger partial charge >= 0.3 is 0 Å². The van der Waals surface area contributed by atoms with E-state index in [1.807, 2.05) is 42.7 Å². The van der Waals surface area contributed by atoms with Crippen molar-refractivity contribution in [1.29, 1.82) is 0 Å². The summed E-state index contributed by atoms with van der Waals surface area (Å²) in [7, 11) is 0. The average Bonchev–Trinajstić information content (AvgIpc) is 3.15. The highest BCUT2D eigenvalue weighted by molar-refractivity contribution is 7.99. The summed E-state index contributed by atoms with van der Waals surface area (Å²) < 4.78 is 1.85. The summed E-state index contributed by atoms with van der Waals surface area (Å²) in [5, 5.41) is 20.4. The van der Waals surface area contributed by atoms with Crippen LogP contribution in [-0.4, -0.2) is 36.6 Å². The molecule has 0 bridgehead atoms. The first-order chi connectivity index (χ1) is 11.1. The molecule has 0 aliphatic heterocycles. The molecule has 1 aromatic carbocycles. The average molecular weight is 346 g/mol. The standard InChI is InChI=1S/C14H14N6OS2/c1-9-3-5-11(6-4-9)20-8-15-19-14(20)22-7-12(21)16-13-18-17-10(2)23-13/h3-6,8H,7H2,1-2H3,(H,16,18,21). The normalized spacial score (nSPS) is 10.7. The molecule has 0 aliphatic carbocycles. The van der Waals surface area contributed by atoms with Gasteiger partial charge in [-0.3, -0.25) is 14.7 Å². The van der Waals surface area contributed by atoms with Gasteiger partial charge in [0.15, 0.2) is 5.16 Å². The van der Waals surface area contributed by atoms with Crippen LogP contribution in [0.2, 0.25) is 0 Å². The highest BCUT2D eigenvalue weighted by Crippen LogP contribution is 2.20. The Balaban J connectivity index is 1.64. The Hall–Kier alpha value is -2.26. The second-order valence-electron chi connectivity index (χ2n) is 4.78. The molecule has 1 amide bonds. The van der Waals surface area contributed by atoms with Gasteiger partial charge in [-0.05, 0) is 26.0 Å². The molecule has 1 N–H and O–H groups in total. The first kappa shape index (κ1) is 15.6. The zero-order valence-electron chi connectivity index (χ0n) is 12.6. The van der Waals surface area contributed by atoms with Gasteiger partial charge in [0.1, 0.15) is 11.3 Å². The molecule has 3 aromatic rings. The molecule has 7 nitrogen and oxygen atoms in total. The van der Waals surface area contributed by atoms with E-state index in [0.29, 0.717) is 10.3 Å². The van der Waals surface area contributed by atoms with Crippen LogP contribution in [0.4, 0.5) is 5.13 Å². The zero-order valence-corrected chi connectivity index (χ0v) is 14.2. The molecule has 0 atom stereocenters. The Morgan fingerprint density at radius 3 is 2.70 bits per heavy atom. The minimum absolute atomic E-state index is 0.149. The molecule has 0 spiro atoms. The molecule has 0 unspecified atom stereocenters. The summed E-state index contributed by atoms with van der Waals surface area (Å²) in [6.07, 6.45) is 1.64. The molecule has 0 aliphatic rings. The largest absolute Gasteiger partial charge is 0.300 e. The van der Waals surface area contributed by atoms with Crippen molar-refractivity contribution in [3.05, 3.63) is 41.2 Å². The fourth-order valence-corrected chi connectivity index (χ4v) is 3.17. The fraction of sp³-hybridized carbons (Fsp3) is 0.214. The quantitative estimate of drug-likeness (QED) is 0.714. The minimum Gasteiger partial charge on any atom is -0.300 e. The number of nitrogens with one attached hydrogen (secondary N) is 1. The molecule has 0 saturated heterocycles. The lowest BCUT2D eigenvalue weighted by Gasteiger charge is -2.06. The monoisotopic (exact) mass is 346 g/mol. The van der Waals surface area contributed by atoms with E-state index in [-0.39, 0.29) is 11.7 Å². The van der Waals surface area contributed by atoms with Crippen LogP contribution in [0.1, 0.15) is 10.6 Å². The Labute approximate surface area is 141 Å². The molecule has 0 fully saturated rings. The third-order valence-electron chi connectivity index (χ3n) is 2.93. The van der Waals surface area contributed by atoms with Crippen LogP contribution in [0, 0.1) is 13.8 Å².